The van der Waals surface area contributed by atoms with E-state index in [2.05, 4.69) is 9.71 Å². The molecule has 6 nitrogen and oxygen atoms in total. The van der Waals surface area contributed by atoms with Crippen LogP contribution in [0, 0.1) is 0 Å². The number of hydrogen-bond donors (Lipinski definition) is 2. The standard InChI is InChI=1S/C15H19N3O3S/c1-2-16-22(20,21)12-7-8-18(10-12)15(19)14-9-11-5-3-4-6-13(11)17-14/h3-6,9,12,16-17H,2,7-8,10H2,1H3/t12-/m0/s1. The van der Waals surface area contributed by atoms with Crippen molar-refractivity contribution in [3.8, 4) is 0 Å². The number of carbonyl (C=O) groups is 1. The Morgan fingerprint density at radius 1 is 1.41 bits per heavy atom. The van der Waals surface area contributed by atoms with Crippen LogP contribution < -0.4 is 4.72 Å². The minimum Gasteiger partial charge on any atom is -0.351 e. The number of benzene rings is 1. The van der Waals surface area contributed by atoms with Gasteiger partial charge in [-0.1, -0.05) is 25.1 Å². The molecule has 0 unspecified atom stereocenters. The van der Waals surface area contributed by atoms with E-state index in [1.807, 2.05) is 30.3 Å². The fraction of sp³-hybridized carbons (Fsp3) is 0.400. The smallest absolute Gasteiger partial charge is 0.270 e. The molecule has 1 fully saturated rings. The number of carbonyl (C=O) groups excluding carboxylic acids is 1. The van der Waals surface area contributed by atoms with Crippen LogP contribution in [0.25, 0.3) is 10.9 Å². The van der Waals surface area contributed by atoms with Crippen molar-refractivity contribution in [3.63, 3.8) is 0 Å². The third-order valence-corrected chi connectivity index (χ3v) is 5.93. The number of fused-ring (bicyclic) bond motifs is 1. The zero-order valence-electron chi connectivity index (χ0n) is 12.4. The molecule has 22 heavy (non-hydrogen) atoms. The van der Waals surface area contributed by atoms with Crippen molar-refractivity contribution < 1.29 is 13.2 Å². The molecule has 7 heteroatoms. The van der Waals surface area contributed by atoms with Gasteiger partial charge in [0, 0.05) is 30.5 Å². The Bertz CT molecular complexity index is 764. The summed E-state index contributed by atoms with van der Waals surface area (Å²) in [5.74, 6) is -0.148. The number of nitrogens with one attached hydrogen (secondary N) is 2. The fourth-order valence-corrected chi connectivity index (χ4v) is 4.27. The summed E-state index contributed by atoms with van der Waals surface area (Å²) in [6, 6.07) is 9.48. The molecule has 1 amide bonds. The highest BCUT2D eigenvalue weighted by Gasteiger charge is 2.35. The number of nitrogens with zero attached hydrogens (tertiary/aromatic N) is 1. The van der Waals surface area contributed by atoms with Gasteiger partial charge in [-0.05, 0) is 18.6 Å². The summed E-state index contributed by atoms with van der Waals surface area (Å²) < 4.78 is 26.6. The lowest BCUT2D eigenvalue weighted by molar-refractivity contribution is 0.0788. The summed E-state index contributed by atoms with van der Waals surface area (Å²) in [6.07, 6.45) is 0.474. The Hall–Kier alpha value is -1.86. The molecule has 1 aliphatic rings. The number of hydrogen-bond acceptors (Lipinski definition) is 3. The van der Waals surface area contributed by atoms with Gasteiger partial charge in [0.1, 0.15) is 5.69 Å². The minimum absolute atomic E-state index is 0.148. The second kappa shape index (κ2) is 5.73. The van der Waals surface area contributed by atoms with Crippen LogP contribution in [0.4, 0.5) is 0 Å². The van der Waals surface area contributed by atoms with Gasteiger partial charge in [-0.15, -0.1) is 0 Å². The highest BCUT2D eigenvalue weighted by atomic mass is 32.2. The molecule has 1 saturated heterocycles. The molecule has 2 heterocycles. The Morgan fingerprint density at radius 2 is 2.18 bits per heavy atom. The number of H-pyrrole nitrogens is 1. The van der Waals surface area contributed by atoms with Crippen molar-refractivity contribution in [2.45, 2.75) is 18.6 Å². The molecule has 1 aromatic carbocycles. The van der Waals surface area contributed by atoms with E-state index in [9.17, 15) is 13.2 Å². The third-order valence-electron chi connectivity index (χ3n) is 3.98. The van der Waals surface area contributed by atoms with Crippen LogP contribution >= 0.6 is 0 Å². The van der Waals surface area contributed by atoms with Gasteiger partial charge in [-0.25, -0.2) is 13.1 Å². The maximum absolute atomic E-state index is 12.5. The number of rotatable bonds is 4. The predicted octanol–water partition coefficient (Wildman–Crippen LogP) is 1.32. The molecular formula is C15H19N3O3S. The Kier molecular flexibility index (Phi) is 3.92. The van der Waals surface area contributed by atoms with Crippen LogP contribution in [-0.4, -0.2) is 49.1 Å². The van der Waals surface area contributed by atoms with Crippen LogP contribution in [0.1, 0.15) is 23.8 Å². The quantitative estimate of drug-likeness (QED) is 0.891. The summed E-state index contributed by atoms with van der Waals surface area (Å²) in [6.45, 7) is 2.82. The van der Waals surface area contributed by atoms with E-state index < -0.39 is 15.3 Å². The molecule has 0 spiro atoms. The number of aromatic amines is 1. The molecule has 0 radical (unpaired) electrons. The average molecular weight is 321 g/mol. The van der Waals surface area contributed by atoms with Gasteiger partial charge in [0.05, 0.1) is 5.25 Å². The molecule has 0 aliphatic carbocycles. The molecule has 0 bridgehead atoms. The third kappa shape index (κ3) is 2.74. The van der Waals surface area contributed by atoms with E-state index in [1.165, 1.54) is 0 Å². The molecule has 1 aromatic heterocycles. The first-order valence-corrected chi connectivity index (χ1v) is 8.91. The summed E-state index contributed by atoms with van der Waals surface area (Å²) in [7, 11) is -3.34. The van der Waals surface area contributed by atoms with Crippen molar-refractivity contribution in [1.29, 1.82) is 0 Å². The Balaban J connectivity index is 1.76. The second-order valence-corrected chi connectivity index (χ2v) is 7.52. The normalized spacial score (nSPS) is 19.0. The van der Waals surface area contributed by atoms with Crippen molar-refractivity contribution in [2.75, 3.05) is 19.6 Å². The number of aromatic nitrogens is 1. The SMILES string of the molecule is CCNS(=O)(=O)[C@H]1CCN(C(=O)c2cc3ccccc3[nH]2)C1. The van der Waals surface area contributed by atoms with E-state index in [1.54, 1.807) is 11.8 Å². The maximum atomic E-state index is 12.5. The molecule has 1 atom stereocenters. The van der Waals surface area contributed by atoms with Gasteiger partial charge < -0.3 is 9.88 Å². The zero-order valence-corrected chi connectivity index (χ0v) is 13.2. The van der Waals surface area contributed by atoms with Crippen molar-refractivity contribution in [1.82, 2.24) is 14.6 Å². The molecule has 1 aliphatic heterocycles. The monoisotopic (exact) mass is 321 g/mol. The minimum atomic E-state index is -3.34. The average Bonchev–Trinajstić information content (AvgIpc) is 3.13. The summed E-state index contributed by atoms with van der Waals surface area (Å²) in [5.41, 5.74) is 1.41. The molecule has 118 valence electrons. The van der Waals surface area contributed by atoms with Crippen LogP contribution in [0.2, 0.25) is 0 Å². The summed E-state index contributed by atoms with van der Waals surface area (Å²) in [4.78, 5) is 17.2. The van der Waals surface area contributed by atoms with Crippen LogP contribution in [0.15, 0.2) is 30.3 Å². The molecular weight excluding hydrogens is 302 g/mol. The van der Waals surface area contributed by atoms with Crippen LogP contribution in [0.3, 0.4) is 0 Å². The molecule has 2 aromatic rings. The topological polar surface area (TPSA) is 82.3 Å². The van der Waals surface area contributed by atoms with Gasteiger partial charge >= 0.3 is 0 Å². The maximum Gasteiger partial charge on any atom is 0.270 e. The first-order valence-electron chi connectivity index (χ1n) is 7.37. The van der Waals surface area contributed by atoms with E-state index in [0.29, 0.717) is 25.2 Å². The second-order valence-electron chi connectivity index (χ2n) is 5.48. The fourth-order valence-electron chi connectivity index (χ4n) is 2.84. The summed E-state index contributed by atoms with van der Waals surface area (Å²) >= 11 is 0. The lowest BCUT2D eigenvalue weighted by atomic mass is 10.2. The molecule has 3 rings (SSSR count). The van der Waals surface area contributed by atoms with Gasteiger partial charge in [-0.2, -0.15) is 0 Å². The number of amides is 1. The van der Waals surface area contributed by atoms with Crippen molar-refractivity contribution in [3.05, 3.63) is 36.0 Å². The van der Waals surface area contributed by atoms with Crippen LogP contribution in [-0.2, 0) is 10.0 Å². The number of likely N-dealkylation sites (tertiary alicyclic amines) is 1. The first kappa shape index (κ1) is 15.1. The first-order chi connectivity index (χ1) is 10.5. The van der Waals surface area contributed by atoms with Crippen LogP contribution in [0.5, 0.6) is 0 Å². The summed E-state index contributed by atoms with van der Waals surface area (Å²) in [5, 5.41) is 0.447. The molecule has 2 N–H and O–H groups in total. The lowest BCUT2D eigenvalue weighted by Gasteiger charge is -2.16. The highest BCUT2D eigenvalue weighted by Crippen LogP contribution is 2.21. The van der Waals surface area contributed by atoms with Crippen molar-refractivity contribution >= 4 is 26.8 Å². The highest BCUT2D eigenvalue weighted by molar-refractivity contribution is 7.90. The van der Waals surface area contributed by atoms with E-state index in [0.717, 1.165) is 10.9 Å². The van der Waals surface area contributed by atoms with E-state index in [-0.39, 0.29) is 12.5 Å². The number of para-hydroxylation sites is 1. The number of sulfonamides is 1. The lowest BCUT2D eigenvalue weighted by Crippen LogP contribution is -2.37. The molecule has 0 saturated carbocycles. The van der Waals surface area contributed by atoms with E-state index in [4.69, 9.17) is 0 Å². The Labute approximate surface area is 129 Å². The Morgan fingerprint density at radius 3 is 2.91 bits per heavy atom. The predicted molar refractivity (Wildman–Crippen MR) is 85.2 cm³/mol. The largest absolute Gasteiger partial charge is 0.351 e. The van der Waals surface area contributed by atoms with E-state index >= 15 is 0 Å². The van der Waals surface area contributed by atoms with Gasteiger partial charge in [-0.3, -0.25) is 4.79 Å². The van der Waals surface area contributed by atoms with Gasteiger partial charge in [0.2, 0.25) is 10.0 Å². The van der Waals surface area contributed by atoms with Gasteiger partial charge in [0.25, 0.3) is 5.91 Å². The zero-order chi connectivity index (χ0) is 15.7. The van der Waals surface area contributed by atoms with Gasteiger partial charge in [0.15, 0.2) is 0 Å². The van der Waals surface area contributed by atoms with Crippen molar-refractivity contribution in [2.24, 2.45) is 0 Å².